The van der Waals surface area contributed by atoms with Gasteiger partial charge in [0.05, 0.1) is 12.2 Å². The largest absolute Gasteiger partial charge is 0.370 e. The molecule has 0 saturated carbocycles. The van der Waals surface area contributed by atoms with Gasteiger partial charge < -0.3 is 15.4 Å². The number of hydrogen-bond donors (Lipinski definition) is 1. The Bertz CT molecular complexity index is 1210. The first-order valence-corrected chi connectivity index (χ1v) is 10.5. The molecule has 3 aromatic rings. The molecular weight excluding hydrogens is 392 g/mol. The summed E-state index contributed by atoms with van der Waals surface area (Å²) in [5.74, 6) is 0.324. The maximum Gasteiger partial charge on any atom is 0.288 e. The molecule has 29 heavy (non-hydrogen) atoms. The van der Waals surface area contributed by atoms with Crippen LogP contribution in [0.3, 0.4) is 0 Å². The Morgan fingerprint density at radius 3 is 2.76 bits per heavy atom. The Labute approximate surface area is 170 Å². The van der Waals surface area contributed by atoms with Crippen molar-refractivity contribution in [3.63, 3.8) is 0 Å². The first-order valence-electron chi connectivity index (χ1n) is 9.73. The Balaban J connectivity index is 1.81. The molecule has 0 unspecified atom stereocenters. The van der Waals surface area contributed by atoms with Gasteiger partial charge in [0, 0.05) is 30.5 Å². The fourth-order valence-corrected chi connectivity index (χ4v) is 5.32. The molecule has 1 amide bonds. The summed E-state index contributed by atoms with van der Waals surface area (Å²) in [7, 11) is 0. The molecule has 0 bridgehead atoms. The van der Waals surface area contributed by atoms with Gasteiger partial charge in [-0.3, -0.25) is 9.59 Å². The van der Waals surface area contributed by atoms with Crippen LogP contribution in [0.4, 0.5) is 5.82 Å². The van der Waals surface area contributed by atoms with Crippen LogP contribution in [0.1, 0.15) is 37.8 Å². The summed E-state index contributed by atoms with van der Waals surface area (Å²) in [4.78, 5) is 32.2. The molecule has 2 N–H and O–H groups in total. The summed E-state index contributed by atoms with van der Waals surface area (Å²) in [6.07, 6.45) is 3.01. The van der Waals surface area contributed by atoms with E-state index in [0.29, 0.717) is 23.2 Å². The average molecular weight is 414 g/mol. The Kier molecular flexibility index (Phi) is 4.11. The van der Waals surface area contributed by atoms with E-state index in [2.05, 4.69) is 29.1 Å². The monoisotopic (exact) mass is 414 g/mol. The lowest BCUT2D eigenvalue weighted by Gasteiger charge is -2.34. The third-order valence-corrected chi connectivity index (χ3v) is 6.67. The van der Waals surface area contributed by atoms with Gasteiger partial charge in [0.2, 0.25) is 5.91 Å². The highest BCUT2D eigenvalue weighted by Gasteiger charge is 2.33. The van der Waals surface area contributed by atoms with Gasteiger partial charge >= 0.3 is 0 Å². The molecule has 152 valence electrons. The number of anilines is 1. The number of hydrogen-bond acceptors (Lipinski definition) is 8. The predicted octanol–water partition coefficient (Wildman–Crippen LogP) is 1.34. The third kappa shape index (κ3) is 2.98. The molecule has 5 rings (SSSR count). The van der Waals surface area contributed by atoms with E-state index in [1.165, 1.54) is 11.3 Å². The molecular formula is C19H22N6O3S. The summed E-state index contributed by atoms with van der Waals surface area (Å²) in [5, 5.41) is 9.12. The van der Waals surface area contributed by atoms with Gasteiger partial charge in [-0.25, -0.2) is 9.67 Å². The van der Waals surface area contributed by atoms with Gasteiger partial charge in [-0.05, 0) is 32.3 Å². The zero-order chi connectivity index (χ0) is 20.3. The number of amides is 1. The van der Waals surface area contributed by atoms with Crippen molar-refractivity contribution in [1.29, 1.82) is 0 Å². The summed E-state index contributed by atoms with van der Waals surface area (Å²) < 4.78 is 7.57. The number of thiophene rings is 1. The molecule has 0 aliphatic carbocycles. The van der Waals surface area contributed by atoms with Crippen molar-refractivity contribution in [2.75, 3.05) is 18.0 Å². The number of nitrogens with two attached hydrogens (primary N) is 1. The molecule has 0 atom stereocenters. The number of rotatable bonds is 3. The number of pyridine rings is 1. The molecule has 0 radical (unpaired) electrons. The smallest absolute Gasteiger partial charge is 0.288 e. The van der Waals surface area contributed by atoms with Crippen LogP contribution in [-0.4, -0.2) is 44.6 Å². The quantitative estimate of drug-likeness (QED) is 0.687. The van der Waals surface area contributed by atoms with Crippen molar-refractivity contribution < 1.29 is 9.53 Å². The molecule has 10 heteroatoms. The lowest BCUT2D eigenvalue weighted by Crippen LogP contribution is -2.34. The highest BCUT2D eigenvalue weighted by molar-refractivity contribution is 7.25. The Morgan fingerprint density at radius 1 is 1.28 bits per heavy atom. The number of fused-ring (bicyclic) bond motifs is 5. The van der Waals surface area contributed by atoms with Crippen molar-refractivity contribution in [3.05, 3.63) is 21.5 Å². The van der Waals surface area contributed by atoms with Crippen molar-refractivity contribution in [3.8, 4) is 0 Å². The molecule has 9 nitrogen and oxygen atoms in total. The normalized spacial score (nSPS) is 18.5. The zero-order valence-electron chi connectivity index (χ0n) is 16.4. The highest BCUT2D eigenvalue weighted by Crippen LogP contribution is 2.42. The SMILES string of the molecule is CC1(C)Cc2c(c(N3CCCC3)nc3sc4c(=O)n(CC(N)=O)nnc4c23)CO1. The fraction of sp³-hybridized carbons (Fsp3) is 0.526. The van der Waals surface area contributed by atoms with Crippen LogP contribution >= 0.6 is 11.3 Å². The minimum absolute atomic E-state index is 0.290. The second-order valence-corrected chi connectivity index (χ2v) is 9.29. The number of carbonyl (C=O) groups is 1. The van der Waals surface area contributed by atoms with Crippen LogP contribution in [0.5, 0.6) is 0 Å². The summed E-state index contributed by atoms with van der Waals surface area (Å²) in [5.41, 5.74) is 7.32. The van der Waals surface area contributed by atoms with Crippen molar-refractivity contribution in [2.45, 2.75) is 51.9 Å². The van der Waals surface area contributed by atoms with Gasteiger partial charge in [-0.1, -0.05) is 5.21 Å². The molecule has 2 aliphatic heterocycles. The second-order valence-electron chi connectivity index (χ2n) is 8.29. The molecule has 2 aliphatic rings. The fourth-order valence-electron chi connectivity index (χ4n) is 4.24. The molecule has 0 aromatic carbocycles. The first-order chi connectivity index (χ1) is 13.8. The average Bonchev–Trinajstić information content (AvgIpc) is 3.30. The Hall–Kier alpha value is -2.59. The minimum atomic E-state index is -0.632. The molecule has 1 saturated heterocycles. The van der Waals surface area contributed by atoms with Gasteiger partial charge in [0.15, 0.2) is 0 Å². The highest BCUT2D eigenvalue weighted by atomic mass is 32.1. The van der Waals surface area contributed by atoms with E-state index in [0.717, 1.165) is 57.8 Å². The van der Waals surface area contributed by atoms with E-state index in [4.69, 9.17) is 15.5 Å². The molecule has 0 spiro atoms. The second kappa shape index (κ2) is 6.46. The van der Waals surface area contributed by atoms with Crippen LogP contribution in [0.25, 0.3) is 20.4 Å². The number of aromatic nitrogens is 4. The number of nitrogens with zero attached hydrogens (tertiary/aromatic N) is 5. The van der Waals surface area contributed by atoms with Crippen LogP contribution in [0.2, 0.25) is 0 Å². The number of carbonyl (C=O) groups excluding carboxylic acids is 1. The topological polar surface area (TPSA) is 116 Å². The van der Waals surface area contributed by atoms with Crippen LogP contribution < -0.4 is 16.2 Å². The van der Waals surface area contributed by atoms with Gasteiger partial charge in [0.25, 0.3) is 5.56 Å². The van der Waals surface area contributed by atoms with Crippen molar-refractivity contribution >= 4 is 43.5 Å². The number of ether oxygens (including phenoxy) is 1. The van der Waals surface area contributed by atoms with Crippen molar-refractivity contribution in [2.24, 2.45) is 5.73 Å². The van der Waals surface area contributed by atoms with E-state index >= 15 is 0 Å². The van der Waals surface area contributed by atoms with E-state index in [1.807, 2.05) is 0 Å². The summed E-state index contributed by atoms with van der Waals surface area (Å²) in [6.45, 7) is 6.28. The third-order valence-electron chi connectivity index (χ3n) is 5.61. The lowest BCUT2D eigenvalue weighted by molar-refractivity contribution is -0.118. The zero-order valence-corrected chi connectivity index (χ0v) is 17.2. The van der Waals surface area contributed by atoms with E-state index < -0.39 is 5.91 Å². The maximum absolute atomic E-state index is 12.9. The standard InChI is InChI=1S/C19H22N6O3S/c1-19(2)7-10-11(9-28-19)16(24-5-3-4-6-24)21-17-13(10)14-15(29-17)18(27)25(23-22-14)8-12(20)26/h3-9H2,1-2H3,(H2,20,26). The predicted molar refractivity (Wildman–Crippen MR) is 110 cm³/mol. The molecule has 1 fully saturated rings. The number of primary amides is 1. The van der Waals surface area contributed by atoms with Gasteiger partial charge in [-0.15, -0.1) is 16.4 Å². The summed E-state index contributed by atoms with van der Waals surface area (Å²) >= 11 is 1.31. The van der Waals surface area contributed by atoms with Crippen molar-refractivity contribution in [1.82, 2.24) is 20.0 Å². The first kappa shape index (κ1) is 18.4. The van der Waals surface area contributed by atoms with E-state index in [1.54, 1.807) is 0 Å². The van der Waals surface area contributed by atoms with Crippen LogP contribution in [0.15, 0.2) is 4.79 Å². The summed E-state index contributed by atoms with van der Waals surface area (Å²) in [6, 6.07) is 0. The van der Waals surface area contributed by atoms with Crippen LogP contribution in [0, 0.1) is 0 Å². The molecule has 5 heterocycles. The van der Waals surface area contributed by atoms with Crippen LogP contribution in [-0.2, 0) is 29.1 Å². The lowest BCUT2D eigenvalue weighted by atomic mass is 9.90. The molecule has 3 aromatic heterocycles. The van der Waals surface area contributed by atoms with Gasteiger partial charge in [-0.2, -0.15) is 0 Å². The maximum atomic E-state index is 12.9. The van der Waals surface area contributed by atoms with Gasteiger partial charge in [0.1, 0.15) is 27.4 Å². The van der Waals surface area contributed by atoms with E-state index in [9.17, 15) is 9.59 Å². The Morgan fingerprint density at radius 2 is 2.03 bits per heavy atom. The van der Waals surface area contributed by atoms with E-state index in [-0.39, 0.29) is 17.7 Å². The minimum Gasteiger partial charge on any atom is -0.370 e.